The van der Waals surface area contributed by atoms with Gasteiger partial charge in [0, 0.05) is 10.9 Å². The Balaban J connectivity index is 1.72. The van der Waals surface area contributed by atoms with E-state index in [4.69, 9.17) is 13.9 Å². The number of thiophene rings is 1. The predicted molar refractivity (Wildman–Crippen MR) is 103 cm³/mol. The first-order chi connectivity index (χ1) is 14.0. The minimum atomic E-state index is -0.966. The molecule has 0 fully saturated rings. The minimum Gasteiger partial charge on any atom is -0.464 e. The summed E-state index contributed by atoms with van der Waals surface area (Å²) in [4.78, 5) is 36.5. The van der Waals surface area contributed by atoms with Gasteiger partial charge in [-0.25, -0.2) is 14.0 Å². The molecule has 2 heterocycles. The van der Waals surface area contributed by atoms with Gasteiger partial charge in [-0.1, -0.05) is 12.1 Å². The molecule has 0 saturated heterocycles. The first kappa shape index (κ1) is 20.3. The molecule has 0 aliphatic heterocycles. The van der Waals surface area contributed by atoms with Crippen molar-refractivity contribution in [2.24, 2.45) is 0 Å². The van der Waals surface area contributed by atoms with E-state index in [-0.39, 0.29) is 22.7 Å². The molecule has 0 atom stereocenters. The summed E-state index contributed by atoms with van der Waals surface area (Å²) in [6.07, 6.45) is 1.46. The summed E-state index contributed by atoms with van der Waals surface area (Å²) in [6, 6.07) is 8.62. The third-order valence-corrected chi connectivity index (χ3v) is 4.63. The maximum absolute atomic E-state index is 13.6. The van der Waals surface area contributed by atoms with Crippen LogP contribution in [0.25, 0.3) is 11.3 Å². The molecule has 1 N–H and O–H groups in total. The van der Waals surface area contributed by atoms with Crippen LogP contribution in [0.1, 0.15) is 27.6 Å². The Morgan fingerprint density at radius 3 is 2.59 bits per heavy atom. The number of ether oxygens (including phenoxy) is 2. The standard InChI is InChI=1S/C20H16FNO6S/c1-2-26-20(25)17-13(15-8-5-9-27-15)11-29-18(17)22-16(23)10-28-19(24)12-6-3-4-7-14(12)21/h3-9,11H,2,10H2,1H3,(H,22,23). The quantitative estimate of drug-likeness (QED) is 0.581. The van der Waals surface area contributed by atoms with Crippen LogP contribution in [-0.2, 0) is 14.3 Å². The fourth-order valence-corrected chi connectivity index (χ4v) is 3.42. The average Bonchev–Trinajstić information content (AvgIpc) is 3.36. The van der Waals surface area contributed by atoms with Gasteiger partial charge in [0.15, 0.2) is 6.61 Å². The summed E-state index contributed by atoms with van der Waals surface area (Å²) in [5.41, 5.74) is 0.335. The van der Waals surface area contributed by atoms with Crippen molar-refractivity contribution in [3.63, 3.8) is 0 Å². The van der Waals surface area contributed by atoms with Crippen LogP contribution in [0.3, 0.4) is 0 Å². The Morgan fingerprint density at radius 1 is 1.10 bits per heavy atom. The van der Waals surface area contributed by atoms with E-state index in [1.54, 1.807) is 24.4 Å². The van der Waals surface area contributed by atoms with Crippen molar-refractivity contribution >= 4 is 34.2 Å². The molecule has 0 aliphatic carbocycles. The zero-order valence-corrected chi connectivity index (χ0v) is 16.1. The maximum atomic E-state index is 13.6. The fourth-order valence-electron chi connectivity index (χ4n) is 2.47. The Labute approximate surface area is 169 Å². The highest BCUT2D eigenvalue weighted by Gasteiger charge is 2.24. The first-order valence-corrected chi connectivity index (χ1v) is 9.43. The third kappa shape index (κ3) is 4.69. The van der Waals surface area contributed by atoms with Crippen LogP contribution < -0.4 is 5.32 Å². The van der Waals surface area contributed by atoms with E-state index in [0.29, 0.717) is 11.3 Å². The number of hydrogen-bond acceptors (Lipinski definition) is 7. The molecule has 1 amide bonds. The van der Waals surface area contributed by atoms with Crippen LogP contribution in [0.4, 0.5) is 9.39 Å². The van der Waals surface area contributed by atoms with Crippen molar-refractivity contribution in [3.05, 3.63) is 65.0 Å². The monoisotopic (exact) mass is 417 g/mol. The lowest BCUT2D eigenvalue weighted by atomic mass is 10.1. The van der Waals surface area contributed by atoms with Crippen molar-refractivity contribution < 1.29 is 32.7 Å². The van der Waals surface area contributed by atoms with Crippen molar-refractivity contribution in [1.82, 2.24) is 0 Å². The summed E-state index contributed by atoms with van der Waals surface area (Å²) in [5.74, 6) is -2.59. The number of esters is 2. The number of rotatable bonds is 7. The molecule has 3 rings (SSSR count). The summed E-state index contributed by atoms with van der Waals surface area (Å²) in [6.45, 7) is 1.17. The van der Waals surface area contributed by atoms with Gasteiger partial charge in [-0.3, -0.25) is 4.79 Å². The van der Waals surface area contributed by atoms with Crippen LogP contribution in [0, 0.1) is 5.82 Å². The Morgan fingerprint density at radius 2 is 1.90 bits per heavy atom. The van der Waals surface area contributed by atoms with Gasteiger partial charge in [0.05, 0.1) is 18.4 Å². The van der Waals surface area contributed by atoms with Gasteiger partial charge < -0.3 is 19.2 Å². The molecule has 7 nitrogen and oxygen atoms in total. The average molecular weight is 417 g/mol. The Hall–Kier alpha value is -3.46. The van der Waals surface area contributed by atoms with Crippen molar-refractivity contribution in [3.8, 4) is 11.3 Å². The zero-order valence-electron chi connectivity index (χ0n) is 15.3. The predicted octanol–water partition coefficient (Wildman–Crippen LogP) is 4.12. The maximum Gasteiger partial charge on any atom is 0.341 e. The first-order valence-electron chi connectivity index (χ1n) is 8.55. The van der Waals surface area contributed by atoms with E-state index < -0.39 is 30.3 Å². The van der Waals surface area contributed by atoms with Crippen molar-refractivity contribution in [1.29, 1.82) is 0 Å². The molecule has 3 aromatic rings. The van der Waals surface area contributed by atoms with Crippen LogP contribution in [0.5, 0.6) is 0 Å². The molecule has 0 saturated carbocycles. The lowest BCUT2D eigenvalue weighted by Crippen LogP contribution is -2.22. The molecule has 9 heteroatoms. The minimum absolute atomic E-state index is 0.139. The summed E-state index contributed by atoms with van der Waals surface area (Å²) >= 11 is 1.10. The van der Waals surface area contributed by atoms with Crippen LogP contribution >= 0.6 is 11.3 Å². The molecule has 1 aromatic carbocycles. The summed E-state index contributed by atoms with van der Waals surface area (Å²) in [7, 11) is 0. The van der Waals surface area contributed by atoms with Gasteiger partial charge in [0.25, 0.3) is 5.91 Å². The van der Waals surface area contributed by atoms with Crippen LogP contribution in [0.2, 0.25) is 0 Å². The molecule has 29 heavy (non-hydrogen) atoms. The number of amides is 1. The van der Waals surface area contributed by atoms with Gasteiger partial charge in [0.1, 0.15) is 22.1 Å². The highest BCUT2D eigenvalue weighted by molar-refractivity contribution is 7.15. The van der Waals surface area contributed by atoms with Gasteiger partial charge in [-0.15, -0.1) is 11.3 Å². The number of anilines is 1. The molecule has 0 spiro atoms. The highest BCUT2D eigenvalue weighted by Crippen LogP contribution is 2.36. The van der Waals surface area contributed by atoms with E-state index in [1.165, 1.54) is 24.5 Å². The molecule has 0 radical (unpaired) electrons. The molecule has 0 bridgehead atoms. The third-order valence-electron chi connectivity index (χ3n) is 3.74. The van der Waals surface area contributed by atoms with Gasteiger partial charge in [0.2, 0.25) is 0 Å². The summed E-state index contributed by atoms with van der Waals surface area (Å²) < 4.78 is 28.8. The number of nitrogens with one attached hydrogen (secondary N) is 1. The molecular weight excluding hydrogens is 401 g/mol. The largest absolute Gasteiger partial charge is 0.464 e. The Kier molecular flexibility index (Phi) is 6.40. The lowest BCUT2D eigenvalue weighted by molar-refractivity contribution is -0.119. The molecule has 150 valence electrons. The van der Waals surface area contributed by atoms with Crippen molar-refractivity contribution in [2.45, 2.75) is 6.92 Å². The lowest BCUT2D eigenvalue weighted by Gasteiger charge is -2.08. The SMILES string of the molecule is CCOC(=O)c1c(-c2ccco2)csc1NC(=O)COC(=O)c1ccccc1F. The number of hydrogen-bond donors (Lipinski definition) is 1. The Bertz CT molecular complexity index is 1030. The van der Waals surface area contributed by atoms with E-state index in [2.05, 4.69) is 5.32 Å². The molecular formula is C20H16FNO6S. The van der Waals surface area contributed by atoms with Gasteiger partial charge >= 0.3 is 11.9 Å². The number of carbonyl (C=O) groups excluding carboxylic acids is 3. The highest BCUT2D eigenvalue weighted by atomic mass is 32.1. The second-order valence-electron chi connectivity index (χ2n) is 5.66. The molecule has 0 unspecified atom stereocenters. The van der Waals surface area contributed by atoms with Crippen molar-refractivity contribution in [2.75, 3.05) is 18.5 Å². The van der Waals surface area contributed by atoms with Gasteiger partial charge in [-0.05, 0) is 31.2 Å². The topological polar surface area (TPSA) is 94.8 Å². The number of benzene rings is 1. The van der Waals surface area contributed by atoms with Crippen LogP contribution in [-0.4, -0.2) is 31.1 Å². The number of carbonyl (C=O) groups is 3. The van der Waals surface area contributed by atoms with E-state index in [0.717, 1.165) is 17.4 Å². The number of halogens is 1. The zero-order chi connectivity index (χ0) is 20.8. The smallest absolute Gasteiger partial charge is 0.341 e. The normalized spacial score (nSPS) is 10.4. The van der Waals surface area contributed by atoms with E-state index >= 15 is 0 Å². The van der Waals surface area contributed by atoms with E-state index in [1.807, 2.05) is 0 Å². The fraction of sp³-hybridized carbons (Fsp3) is 0.150. The van der Waals surface area contributed by atoms with E-state index in [9.17, 15) is 18.8 Å². The molecule has 0 aliphatic rings. The second-order valence-corrected chi connectivity index (χ2v) is 6.54. The van der Waals surface area contributed by atoms with Gasteiger partial charge in [-0.2, -0.15) is 0 Å². The number of furan rings is 1. The second kappa shape index (κ2) is 9.16. The van der Waals surface area contributed by atoms with Crippen LogP contribution in [0.15, 0.2) is 52.5 Å². The summed E-state index contributed by atoms with van der Waals surface area (Å²) in [5, 5.41) is 4.39. The molecule has 2 aromatic heterocycles.